The van der Waals surface area contributed by atoms with Gasteiger partial charge in [-0.15, -0.1) is 11.3 Å². The highest BCUT2D eigenvalue weighted by Gasteiger charge is 2.24. The molecule has 7 heteroatoms. The van der Waals surface area contributed by atoms with Crippen molar-refractivity contribution in [3.05, 3.63) is 183 Å². The van der Waals surface area contributed by atoms with Crippen LogP contribution >= 0.6 is 11.3 Å². The highest BCUT2D eigenvalue weighted by Crippen LogP contribution is 2.44. The SMILES string of the molecule is c1ccc2c(c1)c1c3ccccc3n(-c3ccc4sc5ccc(-n6c7ccccc7c7c8ccccc8n(-c8ccncc8)c76)cc5c4c3)c1n2-c1ccncc1. The lowest BCUT2D eigenvalue weighted by atomic mass is 10.1. The molecule has 7 heterocycles. The number of aromatic nitrogens is 6. The summed E-state index contributed by atoms with van der Waals surface area (Å²) in [6, 6.07) is 57.5. The van der Waals surface area contributed by atoms with Crippen molar-refractivity contribution >= 4 is 97.2 Å². The molecule has 6 nitrogen and oxygen atoms in total. The molecule has 0 N–H and O–H groups in total. The van der Waals surface area contributed by atoms with Gasteiger partial charge in [-0.3, -0.25) is 28.2 Å². The van der Waals surface area contributed by atoms with Crippen molar-refractivity contribution in [2.24, 2.45) is 0 Å². The Kier molecular flexibility index (Phi) is 6.23. The van der Waals surface area contributed by atoms with Crippen LogP contribution in [0.2, 0.25) is 0 Å². The second-order valence-corrected chi connectivity index (χ2v) is 15.8. The summed E-state index contributed by atoms with van der Waals surface area (Å²) in [6.07, 6.45) is 7.51. The van der Waals surface area contributed by atoms with E-state index < -0.39 is 0 Å². The number of thiophene rings is 1. The maximum atomic E-state index is 4.36. The number of para-hydroxylation sites is 4. The van der Waals surface area contributed by atoms with Crippen molar-refractivity contribution in [2.45, 2.75) is 0 Å². The second-order valence-electron chi connectivity index (χ2n) is 14.7. The number of rotatable bonds is 4. The van der Waals surface area contributed by atoms with Crippen molar-refractivity contribution in [2.75, 3.05) is 0 Å². The Bertz CT molecular complexity index is 3500. The van der Waals surface area contributed by atoms with E-state index in [0.29, 0.717) is 0 Å². The largest absolute Gasteiger partial charge is 0.295 e. The lowest BCUT2D eigenvalue weighted by Crippen LogP contribution is -2.02. The summed E-state index contributed by atoms with van der Waals surface area (Å²) in [5, 5.41) is 9.95. The summed E-state index contributed by atoms with van der Waals surface area (Å²) in [5.74, 6) is 0. The Morgan fingerprint density at radius 2 is 0.649 bits per heavy atom. The molecule has 0 radical (unpaired) electrons. The zero-order valence-corrected chi connectivity index (χ0v) is 31.2. The monoisotopic (exact) mass is 746 g/mol. The van der Waals surface area contributed by atoms with Gasteiger partial charge in [0.25, 0.3) is 0 Å². The summed E-state index contributed by atoms with van der Waals surface area (Å²) in [7, 11) is 0. The highest BCUT2D eigenvalue weighted by molar-refractivity contribution is 7.25. The van der Waals surface area contributed by atoms with E-state index in [2.05, 4.69) is 186 Å². The molecule has 0 bridgehead atoms. The van der Waals surface area contributed by atoms with Crippen molar-refractivity contribution in [1.82, 2.24) is 28.2 Å². The predicted octanol–water partition coefficient (Wildman–Crippen LogP) is 12.9. The summed E-state index contributed by atoms with van der Waals surface area (Å²) in [5.41, 5.74) is 11.4. The van der Waals surface area contributed by atoms with Gasteiger partial charge in [0.05, 0.1) is 33.4 Å². The minimum Gasteiger partial charge on any atom is -0.295 e. The molecule has 0 aliphatic rings. The summed E-state index contributed by atoms with van der Waals surface area (Å²) < 4.78 is 12.2. The highest BCUT2D eigenvalue weighted by atomic mass is 32.1. The van der Waals surface area contributed by atoms with E-state index in [4.69, 9.17) is 0 Å². The molecule has 57 heavy (non-hydrogen) atoms. The maximum Gasteiger partial charge on any atom is 0.131 e. The van der Waals surface area contributed by atoms with Gasteiger partial charge < -0.3 is 0 Å². The topological polar surface area (TPSA) is 45.5 Å². The molecule has 13 aromatic rings. The molecule has 0 aliphatic carbocycles. The molecule has 6 aromatic carbocycles. The lowest BCUT2D eigenvalue weighted by molar-refractivity contribution is 1.06. The Morgan fingerprint density at radius 3 is 1.02 bits per heavy atom. The maximum absolute atomic E-state index is 4.36. The minimum absolute atomic E-state index is 1.08. The lowest BCUT2D eigenvalue weighted by Gasteiger charge is -2.13. The van der Waals surface area contributed by atoms with Crippen LogP contribution in [0.3, 0.4) is 0 Å². The van der Waals surface area contributed by atoms with Gasteiger partial charge in [-0.25, -0.2) is 0 Å². The van der Waals surface area contributed by atoms with Gasteiger partial charge in [-0.05, 0) is 84.9 Å². The smallest absolute Gasteiger partial charge is 0.131 e. The van der Waals surface area contributed by atoms with E-state index in [9.17, 15) is 0 Å². The van der Waals surface area contributed by atoms with Crippen molar-refractivity contribution in [1.29, 1.82) is 0 Å². The zero-order chi connectivity index (χ0) is 37.2. The fourth-order valence-corrected chi connectivity index (χ4v) is 10.5. The number of hydrogen-bond acceptors (Lipinski definition) is 3. The van der Waals surface area contributed by atoms with Gasteiger partial charge in [0.2, 0.25) is 0 Å². The average Bonchev–Trinajstić information content (AvgIpc) is 4.06. The summed E-state index contributed by atoms with van der Waals surface area (Å²) >= 11 is 1.85. The van der Waals surface area contributed by atoms with Crippen molar-refractivity contribution in [3.8, 4) is 22.7 Å². The summed E-state index contributed by atoms with van der Waals surface area (Å²) in [4.78, 5) is 8.72. The number of nitrogens with zero attached hydrogens (tertiary/aromatic N) is 6. The van der Waals surface area contributed by atoms with Crippen molar-refractivity contribution < 1.29 is 0 Å². The second kappa shape index (κ2) is 11.5. The number of hydrogen-bond donors (Lipinski definition) is 0. The fourth-order valence-electron chi connectivity index (χ4n) is 9.46. The van der Waals surface area contributed by atoms with Gasteiger partial charge in [-0.2, -0.15) is 0 Å². The molecule has 0 unspecified atom stereocenters. The molecule has 266 valence electrons. The van der Waals surface area contributed by atoms with Crippen molar-refractivity contribution in [3.63, 3.8) is 0 Å². The third kappa shape index (κ3) is 4.18. The Balaban J connectivity index is 1.10. The average molecular weight is 747 g/mol. The van der Waals surface area contributed by atoms with E-state index >= 15 is 0 Å². The van der Waals surface area contributed by atoms with Gasteiger partial charge in [0, 0.05) is 88.7 Å². The van der Waals surface area contributed by atoms with Crippen LogP contribution in [0.15, 0.2) is 183 Å². The first-order chi connectivity index (χ1) is 28.3. The Morgan fingerprint density at radius 1 is 0.316 bits per heavy atom. The van der Waals surface area contributed by atoms with Crippen LogP contribution in [-0.4, -0.2) is 28.2 Å². The van der Waals surface area contributed by atoms with E-state index in [1.165, 1.54) is 74.6 Å². The molecule has 0 spiro atoms. The molecule has 0 aliphatic heterocycles. The van der Waals surface area contributed by atoms with Crippen LogP contribution in [0, 0.1) is 0 Å². The molecular formula is C50H30N6S. The molecular weight excluding hydrogens is 717 g/mol. The number of benzene rings is 6. The van der Waals surface area contributed by atoms with E-state index in [0.717, 1.165) is 34.0 Å². The van der Waals surface area contributed by atoms with Gasteiger partial charge >= 0.3 is 0 Å². The molecule has 0 atom stereocenters. The zero-order valence-electron chi connectivity index (χ0n) is 30.4. The minimum atomic E-state index is 1.08. The van der Waals surface area contributed by atoms with Crippen LogP contribution in [0.4, 0.5) is 0 Å². The van der Waals surface area contributed by atoms with Crippen LogP contribution in [0.5, 0.6) is 0 Å². The number of pyridine rings is 2. The quantitative estimate of drug-likeness (QED) is 0.180. The third-order valence-electron chi connectivity index (χ3n) is 11.7. The van der Waals surface area contributed by atoms with E-state index in [1.54, 1.807) is 0 Å². The van der Waals surface area contributed by atoms with Crippen LogP contribution in [0.25, 0.3) is 109 Å². The third-order valence-corrected chi connectivity index (χ3v) is 12.9. The Labute approximate surface area is 329 Å². The normalized spacial score (nSPS) is 12.2. The predicted molar refractivity (Wildman–Crippen MR) is 237 cm³/mol. The van der Waals surface area contributed by atoms with Gasteiger partial charge in [-0.1, -0.05) is 72.8 Å². The van der Waals surface area contributed by atoms with Gasteiger partial charge in [0.1, 0.15) is 11.3 Å². The van der Waals surface area contributed by atoms with E-state index in [1.807, 2.05) is 36.1 Å². The first-order valence-electron chi connectivity index (χ1n) is 19.1. The molecule has 7 aromatic heterocycles. The van der Waals surface area contributed by atoms with Crippen LogP contribution in [0.1, 0.15) is 0 Å². The number of fused-ring (bicyclic) bond motifs is 13. The van der Waals surface area contributed by atoms with Crippen LogP contribution < -0.4 is 0 Å². The molecule has 0 saturated carbocycles. The summed E-state index contributed by atoms with van der Waals surface area (Å²) in [6.45, 7) is 0. The van der Waals surface area contributed by atoms with Crippen LogP contribution in [-0.2, 0) is 0 Å². The first kappa shape index (κ1) is 30.8. The first-order valence-corrected chi connectivity index (χ1v) is 20.0. The molecule has 0 fully saturated rings. The standard InChI is InChI=1S/C50H30N6S/c1-5-13-41-35(9-1)47-37-11-3-7-15-43(37)55(49(47)53(41)31-21-25-51-26-22-31)33-17-19-45-39(29-33)40-30-34(18-20-46(40)57-45)56-44-16-8-4-12-38(44)48-36-10-2-6-14-42(36)54(50(48)56)32-23-27-52-28-24-32/h1-30H. The van der Waals surface area contributed by atoms with Gasteiger partial charge in [0.15, 0.2) is 0 Å². The fraction of sp³-hybridized carbons (Fsp3) is 0. The molecule has 0 saturated heterocycles. The van der Waals surface area contributed by atoms with E-state index in [-0.39, 0.29) is 0 Å². The Hall–Kier alpha value is -7.48. The molecule has 0 amide bonds. The molecule has 13 rings (SSSR count).